The first kappa shape index (κ1) is 13.8. The van der Waals surface area contributed by atoms with Crippen molar-refractivity contribution in [2.24, 2.45) is 5.92 Å². The van der Waals surface area contributed by atoms with Crippen molar-refractivity contribution in [3.05, 3.63) is 28.0 Å². The van der Waals surface area contributed by atoms with Gasteiger partial charge in [0.2, 0.25) is 0 Å². The Balaban J connectivity index is 2.70. The first-order chi connectivity index (χ1) is 7.52. The fourth-order valence-corrected chi connectivity index (χ4v) is 2.03. The number of pyridine rings is 1. The molecular formula is C12H18Cl2N2. The van der Waals surface area contributed by atoms with Gasteiger partial charge in [0, 0.05) is 18.7 Å². The topological polar surface area (TPSA) is 16.1 Å². The van der Waals surface area contributed by atoms with Crippen LogP contribution in [-0.4, -0.2) is 23.0 Å². The van der Waals surface area contributed by atoms with Crippen LogP contribution >= 0.6 is 23.2 Å². The van der Waals surface area contributed by atoms with Gasteiger partial charge < -0.3 is 0 Å². The van der Waals surface area contributed by atoms with E-state index in [9.17, 15) is 0 Å². The summed E-state index contributed by atoms with van der Waals surface area (Å²) in [5, 5.41) is 0.954. The second-order valence-corrected chi connectivity index (χ2v) is 5.05. The highest BCUT2D eigenvalue weighted by Crippen LogP contribution is 2.18. The fraction of sp³-hybridized carbons (Fsp3) is 0.583. The van der Waals surface area contributed by atoms with Crippen LogP contribution in [0.5, 0.6) is 0 Å². The highest BCUT2D eigenvalue weighted by molar-refractivity contribution is 6.32. The van der Waals surface area contributed by atoms with E-state index >= 15 is 0 Å². The summed E-state index contributed by atoms with van der Waals surface area (Å²) < 4.78 is 0. The van der Waals surface area contributed by atoms with Gasteiger partial charge in [0.15, 0.2) is 0 Å². The van der Waals surface area contributed by atoms with E-state index in [1.807, 2.05) is 6.07 Å². The number of rotatable bonds is 5. The molecule has 1 aromatic rings. The minimum Gasteiger partial charge on any atom is -0.299 e. The molecule has 0 aromatic carbocycles. The minimum absolute atomic E-state index is 0.445. The van der Waals surface area contributed by atoms with Crippen LogP contribution < -0.4 is 0 Å². The van der Waals surface area contributed by atoms with Crippen molar-refractivity contribution >= 4 is 23.2 Å². The molecule has 0 aliphatic carbocycles. The molecule has 16 heavy (non-hydrogen) atoms. The summed E-state index contributed by atoms with van der Waals surface area (Å²) in [6.45, 7) is 9.48. The average molecular weight is 261 g/mol. The number of hydrogen-bond acceptors (Lipinski definition) is 2. The second-order valence-electron chi connectivity index (χ2n) is 4.31. The molecule has 0 aliphatic heterocycles. The van der Waals surface area contributed by atoms with Crippen molar-refractivity contribution < 1.29 is 0 Å². The van der Waals surface area contributed by atoms with Gasteiger partial charge >= 0.3 is 0 Å². The molecule has 4 heteroatoms. The summed E-state index contributed by atoms with van der Waals surface area (Å²) in [5.41, 5.74) is 1.04. The van der Waals surface area contributed by atoms with Crippen molar-refractivity contribution in [1.29, 1.82) is 0 Å². The zero-order chi connectivity index (χ0) is 12.1. The number of aromatic nitrogens is 1. The molecule has 0 saturated heterocycles. The van der Waals surface area contributed by atoms with Gasteiger partial charge in [-0.2, -0.15) is 0 Å². The Morgan fingerprint density at radius 1 is 1.31 bits per heavy atom. The Morgan fingerprint density at radius 3 is 2.50 bits per heavy atom. The van der Waals surface area contributed by atoms with E-state index in [-0.39, 0.29) is 0 Å². The molecule has 0 N–H and O–H groups in total. The monoisotopic (exact) mass is 260 g/mol. The largest absolute Gasteiger partial charge is 0.299 e. The standard InChI is InChI=1S/C12H18Cl2N2/c1-4-16(7-9(2)3)8-10-5-6-11(13)15-12(10)14/h5-6,9H,4,7-8H2,1-3H3. The first-order valence-electron chi connectivity index (χ1n) is 5.56. The molecule has 90 valence electrons. The normalized spacial score (nSPS) is 11.4. The molecule has 2 nitrogen and oxygen atoms in total. The van der Waals surface area contributed by atoms with E-state index < -0.39 is 0 Å². The summed E-state index contributed by atoms with van der Waals surface area (Å²) in [7, 11) is 0. The zero-order valence-corrected chi connectivity index (χ0v) is 11.5. The average Bonchev–Trinajstić information content (AvgIpc) is 2.20. The minimum atomic E-state index is 0.445. The molecule has 0 atom stereocenters. The second kappa shape index (κ2) is 6.43. The van der Waals surface area contributed by atoms with Crippen molar-refractivity contribution in [3.8, 4) is 0 Å². The van der Waals surface area contributed by atoms with E-state index in [4.69, 9.17) is 23.2 Å². The molecule has 0 spiro atoms. The Kier molecular flexibility index (Phi) is 5.53. The summed E-state index contributed by atoms with van der Waals surface area (Å²) >= 11 is 11.8. The van der Waals surface area contributed by atoms with Gasteiger partial charge in [0.05, 0.1) is 0 Å². The molecule has 0 saturated carbocycles. The maximum Gasteiger partial charge on any atom is 0.135 e. The molecule has 0 amide bonds. The van der Waals surface area contributed by atoms with Crippen LogP contribution in [0.4, 0.5) is 0 Å². The van der Waals surface area contributed by atoms with E-state index in [0.29, 0.717) is 16.2 Å². The third-order valence-electron chi connectivity index (χ3n) is 2.36. The smallest absolute Gasteiger partial charge is 0.135 e. The molecular weight excluding hydrogens is 243 g/mol. The van der Waals surface area contributed by atoms with Crippen molar-refractivity contribution in [2.75, 3.05) is 13.1 Å². The Hall–Kier alpha value is -0.310. The summed E-state index contributed by atoms with van der Waals surface area (Å²) in [6.07, 6.45) is 0. The third-order valence-corrected chi connectivity index (χ3v) is 2.89. The summed E-state index contributed by atoms with van der Waals surface area (Å²) in [5.74, 6) is 0.652. The van der Waals surface area contributed by atoms with Crippen LogP contribution in [0.25, 0.3) is 0 Å². The number of nitrogens with zero attached hydrogens (tertiary/aromatic N) is 2. The van der Waals surface area contributed by atoms with Gasteiger partial charge in [0.1, 0.15) is 10.3 Å². The molecule has 0 radical (unpaired) electrons. The molecule has 0 bridgehead atoms. The van der Waals surface area contributed by atoms with Gasteiger partial charge in [-0.05, 0) is 18.5 Å². The quantitative estimate of drug-likeness (QED) is 0.748. The van der Waals surface area contributed by atoms with Crippen molar-refractivity contribution in [2.45, 2.75) is 27.3 Å². The van der Waals surface area contributed by atoms with Gasteiger partial charge in [-0.15, -0.1) is 0 Å². The maximum atomic E-state index is 6.04. The predicted octanol–water partition coefficient (Wildman–Crippen LogP) is 3.87. The van der Waals surface area contributed by atoms with Gasteiger partial charge in [-0.3, -0.25) is 4.90 Å². The maximum absolute atomic E-state index is 6.04. The van der Waals surface area contributed by atoms with E-state index in [1.54, 1.807) is 6.07 Å². The number of hydrogen-bond donors (Lipinski definition) is 0. The van der Waals surface area contributed by atoms with Gasteiger partial charge in [-0.1, -0.05) is 50.0 Å². The third kappa shape index (κ3) is 4.28. The lowest BCUT2D eigenvalue weighted by Crippen LogP contribution is -2.27. The molecule has 0 unspecified atom stereocenters. The Morgan fingerprint density at radius 2 is 2.00 bits per heavy atom. The lowest BCUT2D eigenvalue weighted by Gasteiger charge is -2.22. The highest BCUT2D eigenvalue weighted by atomic mass is 35.5. The Labute approximate surface area is 108 Å². The van der Waals surface area contributed by atoms with Crippen LogP contribution in [0.2, 0.25) is 10.3 Å². The van der Waals surface area contributed by atoms with Crippen LogP contribution in [0.1, 0.15) is 26.3 Å². The molecule has 1 aromatic heterocycles. The SMILES string of the molecule is CCN(Cc1ccc(Cl)nc1Cl)CC(C)C. The Bertz CT molecular complexity index is 340. The van der Waals surface area contributed by atoms with Crippen molar-refractivity contribution in [3.63, 3.8) is 0 Å². The molecule has 1 rings (SSSR count). The van der Waals surface area contributed by atoms with E-state index in [0.717, 1.165) is 25.2 Å². The molecule has 0 fully saturated rings. The van der Waals surface area contributed by atoms with Crippen LogP contribution in [0.15, 0.2) is 12.1 Å². The van der Waals surface area contributed by atoms with Crippen LogP contribution in [-0.2, 0) is 6.54 Å². The van der Waals surface area contributed by atoms with Crippen LogP contribution in [0.3, 0.4) is 0 Å². The summed E-state index contributed by atoms with van der Waals surface area (Å²) in [4.78, 5) is 6.39. The van der Waals surface area contributed by atoms with E-state index in [2.05, 4.69) is 30.7 Å². The molecule has 1 heterocycles. The van der Waals surface area contributed by atoms with E-state index in [1.165, 1.54) is 0 Å². The van der Waals surface area contributed by atoms with Gasteiger partial charge in [-0.25, -0.2) is 4.98 Å². The van der Waals surface area contributed by atoms with Crippen LogP contribution in [0, 0.1) is 5.92 Å². The first-order valence-corrected chi connectivity index (χ1v) is 6.31. The number of halogens is 2. The van der Waals surface area contributed by atoms with Crippen molar-refractivity contribution in [1.82, 2.24) is 9.88 Å². The predicted molar refractivity (Wildman–Crippen MR) is 70.0 cm³/mol. The summed E-state index contributed by atoms with van der Waals surface area (Å²) in [6, 6.07) is 3.73. The fourth-order valence-electron chi connectivity index (χ4n) is 1.62. The van der Waals surface area contributed by atoms with Gasteiger partial charge in [0.25, 0.3) is 0 Å². The zero-order valence-electron chi connectivity index (χ0n) is 10.0. The molecule has 0 aliphatic rings. The lowest BCUT2D eigenvalue weighted by molar-refractivity contribution is 0.248. The lowest BCUT2D eigenvalue weighted by atomic mass is 10.2. The highest BCUT2D eigenvalue weighted by Gasteiger charge is 2.09.